The topological polar surface area (TPSA) is 29.3 Å². The number of likely N-dealkylation sites (N-methyl/N-ethyl adjacent to an activating group) is 1. The first-order chi connectivity index (χ1) is 7.58. The van der Waals surface area contributed by atoms with Crippen molar-refractivity contribution in [3.8, 4) is 0 Å². The Bertz CT molecular complexity index is 338. The van der Waals surface area contributed by atoms with Crippen LogP contribution in [0.5, 0.6) is 0 Å². The van der Waals surface area contributed by atoms with Crippen LogP contribution in [-0.4, -0.2) is 24.5 Å². The van der Waals surface area contributed by atoms with Gasteiger partial charge < -0.3 is 10.6 Å². The van der Waals surface area contributed by atoms with Crippen LogP contribution in [0, 0.1) is 11.6 Å². The Kier molecular flexibility index (Phi) is 4.83. The van der Waals surface area contributed by atoms with E-state index >= 15 is 0 Å². The molecule has 0 amide bonds. The summed E-state index contributed by atoms with van der Waals surface area (Å²) in [5.74, 6) is -1.14. The predicted octanol–water partition coefficient (Wildman–Crippen LogP) is 2.31. The minimum absolute atomic E-state index is 0.369. The van der Waals surface area contributed by atoms with Gasteiger partial charge in [0.1, 0.15) is 11.6 Å². The number of hydrogen-bond acceptors (Lipinski definition) is 2. The fourth-order valence-corrected chi connectivity index (χ4v) is 1.66. The van der Waals surface area contributed by atoms with Crippen LogP contribution in [0.2, 0.25) is 0 Å². The van der Waals surface area contributed by atoms with Gasteiger partial charge in [0.25, 0.3) is 0 Å². The molecule has 0 aliphatic rings. The van der Waals surface area contributed by atoms with Crippen molar-refractivity contribution < 1.29 is 8.78 Å². The van der Waals surface area contributed by atoms with E-state index < -0.39 is 17.7 Å². The standard InChI is InChI=1S/C12H18F2N2/c1-3-16(4-2)8-12(15)10-6-5-9(13)7-11(10)14/h5-7,12H,3-4,8,15H2,1-2H3. The van der Waals surface area contributed by atoms with Crippen LogP contribution in [0.25, 0.3) is 0 Å². The maximum Gasteiger partial charge on any atom is 0.130 e. The molecule has 1 aromatic carbocycles. The lowest BCUT2D eigenvalue weighted by atomic mass is 10.1. The van der Waals surface area contributed by atoms with E-state index in [0.29, 0.717) is 12.1 Å². The third-order valence-corrected chi connectivity index (χ3v) is 2.71. The number of rotatable bonds is 5. The van der Waals surface area contributed by atoms with Gasteiger partial charge >= 0.3 is 0 Å². The van der Waals surface area contributed by atoms with E-state index in [-0.39, 0.29) is 0 Å². The normalized spacial score (nSPS) is 13.1. The second-order valence-corrected chi connectivity index (χ2v) is 3.76. The van der Waals surface area contributed by atoms with Crippen molar-refractivity contribution in [1.29, 1.82) is 0 Å². The molecule has 0 aromatic heterocycles. The molecular formula is C12H18F2N2. The third-order valence-electron chi connectivity index (χ3n) is 2.71. The summed E-state index contributed by atoms with van der Waals surface area (Å²) < 4.78 is 26.1. The molecule has 0 aliphatic heterocycles. The first-order valence-corrected chi connectivity index (χ1v) is 5.51. The zero-order valence-corrected chi connectivity index (χ0v) is 9.71. The molecule has 4 heteroatoms. The van der Waals surface area contributed by atoms with E-state index in [4.69, 9.17) is 5.73 Å². The third kappa shape index (κ3) is 3.25. The zero-order chi connectivity index (χ0) is 12.1. The maximum absolute atomic E-state index is 13.4. The van der Waals surface area contributed by atoms with Gasteiger partial charge in [-0.15, -0.1) is 0 Å². The summed E-state index contributed by atoms with van der Waals surface area (Å²) in [6.45, 7) is 6.37. The SMILES string of the molecule is CCN(CC)CC(N)c1ccc(F)cc1F. The quantitative estimate of drug-likeness (QED) is 0.838. The molecule has 0 heterocycles. The fourth-order valence-electron chi connectivity index (χ4n) is 1.66. The van der Waals surface area contributed by atoms with E-state index in [9.17, 15) is 8.78 Å². The van der Waals surface area contributed by atoms with Crippen molar-refractivity contribution in [3.63, 3.8) is 0 Å². The first kappa shape index (κ1) is 13.1. The highest BCUT2D eigenvalue weighted by Gasteiger charge is 2.14. The largest absolute Gasteiger partial charge is 0.323 e. The van der Waals surface area contributed by atoms with Crippen LogP contribution in [0.15, 0.2) is 18.2 Å². The lowest BCUT2D eigenvalue weighted by Crippen LogP contribution is -2.32. The Morgan fingerprint density at radius 3 is 2.38 bits per heavy atom. The molecule has 0 radical (unpaired) electrons. The van der Waals surface area contributed by atoms with E-state index in [2.05, 4.69) is 4.90 Å². The van der Waals surface area contributed by atoms with Crippen LogP contribution >= 0.6 is 0 Å². The Morgan fingerprint density at radius 2 is 1.88 bits per heavy atom. The number of halogens is 2. The molecule has 1 aromatic rings. The molecule has 0 saturated heterocycles. The fraction of sp³-hybridized carbons (Fsp3) is 0.500. The Morgan fingerprint density at radius 1 is 1.25 bits per heavy atom. The summed E-state index contributed by atoms with van der Waals surface area (Å²) in [5, 5.41) is 0. The highest BCUT2D eigenvalue weighted by atomic mass is 19.1. The highest BCUT2D eigenvalue weighted by Crippen LogP contribution is 2.17. The number of hydrogen-bond donors (Lipinski definition) is 1. The van der Waals surface area contributed by atoms with Gasteiger partial charge in [0.05, 0.1) is 0 Å². The van der Waals surface area contributed by atoms with Crippen molar-refractivity contribution in [3.05, 3.63) is 35.4 Å². The van der Waals surface area contributed by atoms with Crippen molar-refractivity contribution in [2.24, 2.45) is 5.73 Å². The van der Waals surface area contributed by atoms with Gasteiger partial charge in [-0.25, -0.2) is 8.78 Å². The summed E-state index contributed by atoms with van der Waals surface area (Å²) in [6, 6.07) is 3.11. The van der Waals surface area contributed by atoms with Gasteiger partial charge in [0.15, 0.2) is 0 Å². The molecule has 0 fully saturated rings. The van der Waals surface area contributed by atoms with E-state index in [1.54, 1.807) is 0 Å². The van der Waals surface area contributed by atoms with Crippen molar-refractivity contribution in [2.45, 2.75) is 19.9 Å². The molecule has 2 N–H and O–H groups in total. The van der Waals surface area contributed by atoms with Gasteiger partial charge in [0, 0.05) is 24.2 Å². The van der Waals surface area contributed by atoms with Crippen molar-refractivity contribution >= 4 is 0 Å². The van der Waals surface area contributed by atoms with Crippen molar-refractivity contribution in [2.75, 3.05) is 19.6 Å². The molecule has 0 spiro atoms. The molecule has 16 heavy (non-hydrogen) atoms. The van der Waals surface area contributed by atoms with Crippen molar-refractivity contribution in [1.82, 2.24) is 4.90 Å². The predicted molar refractivity (Wildman–Crippen MR) is 61.1 cm³/mol. The molecule has 2 nitrogen and oxygen atoms in total. The van der Waals surface area contributed by atoms with Crippen LogP contribution in [-0.2, 0) is 0 Å². The minimum atomic E-state index is -0.573. The summed E-state index contributed by atoms with van der Waals surface area (Å²) in [4.78, 5) is 2.10. The van der Waals surface area contributed by atoms with Gasteiger partial charge in [0.2, 0.25) is 0 Å². The van der Waals surface area contributed by atoms with Gasteiger partial charge in [-0.1, -0.05) is 19.9 Å². The Hall–Kier alpha value is -1.00. The molecule has 1 atom stereocenters. The van der Waals surface area contributed by atoms with Crippen LogP contribution < -0.4 is 5.73 Å². The molecule has 0 saturated carbocycles. The number of benzene rings is 1. The average Bonchev–Trinajstić information content (AvgIpc) is 2.25. The van der Waals surface area contributed by atoms with Crippen LogP contribution in [0.4, 0.5) is 8.78 Å². The smallest absolute Gasteiger partial charge is 0.130 e. The van der Waals surface area contributed by atoms with E-state index in [1.165, 1.54) is 12.1 Å². The monoisotopic (exact) mass is 228 g/mol. The van der Waals surface area contributed by atoms with Gasteiger partial charge in [-0.05, 0) is 19.2 Å². The zero-order valence-electron chi connectivity index (χ0n) is 9.71. The lowest BCUT2D eigenvalue weighted by Gasteiger charge is -2.23. The number of nitrogens with zero attached hydrogens (tertiary/aromatic N) is 1. The molecule has 90 valence electrons. The Balaban J connectivity index is 2.76. The number of nitrogens with two attached hydrogens (primary N) is 1. The molecule has 1 rings (SSSR count). The summed E-state index contributed by atoms with van der Waals surface area (Å²) >= 11 is 0. The molecule has 1 unspecified atom stereocenters. The summed E-state index contributed by atoms with van der Waals surface area (Å²) in [7, 11) is 0. The average molecular weight is 228 g/mol. The minimum Gasteiger partial charge on any atom is -0.323 e. The maximum atomic E-state index is 13.4. The summed E-state index contributed by atoms with van der Waals surface area (Å²) in [6.07, 6.45) is 0. The second kappa shape index (κ2) is 5.92. The van der Waals surface area contributed by atoms with Crippen LogP contribution in [0.1, 0.15) is 25.5 Å². The first-order valence-electron chi connectivity index (χ1n) is 5.51. The molecule has 0 aliphatic carbocycles. The van der Waals surface area contributed by atoms with E-state index in [1.807, 2.05) is 13.8 Å². The van der Waals surface area contributed by atoms with Gasteiger partial charge in [-0.3, -0.25) is 0 Å². The lowest BCUT2D eigenvalue weighted by molar-refractivity contribution is 0.282. The second-order valence-electron chi connectivity index (χ2n) is 3.76. The molecular weight excluding hydrogens is 210 g/mol. The van der Waals surface area contributed by atoms with Gasteiger partial charge in [-0.2, -0.15) is 0 Å². The Labute approximate surface area is 95.1 Å². The highest BCUT2D eigenvalue weighted by molar-refractivity contribution is 5.22. The van der Waals surface area contributed by atoms with Crippen LogP contribution in [0.3, 0.4) is 0 Å². The molecule has 0 bridgehead atoms. The summed E-state index contributed by atoms with van der Waals surface area (Å²) in [5.41, 5.74) is 6.26. The van der Waals surface area contributed by atoms with E-state index in [0.717, 1.165) is 19.2 Å².